The van der Waals surface area contributed by atoms with Gasteiger partial charge in [-0.05, 0) is 26.7 Å². The van der Waals surface area contributed by atoms with Crippen LogP contribution in [-0.4, -0.2) is 42.1 Å². The van der Waals surface area contributed by atoms with Crippen molar-refractivity contribution in [2.45, 2.75) is 46.1 Å². The number of aromatic nitrogens is 2. The maximum Gasteiger partial charge on any atom is 0.242 e. The molecule has 1 aromatic heterocycles. The average Bonchev–Trinajstić information content (AvgIpc) is 2.98. The summed E-state index contributed by atoms with van der Waals surface area (Å²) in [7, 11) is 1.69. The molecule has 1 saturated heterocycles. The summed E-state index contributed by atoms with van der Waals surface area (Å²) in [6.45, 7) is 7.80. The zero-order valence-corrected chi connectivity index (χ0v) is 13.4. The predicted octanol–water partition coefficient (Wildman–Crippen LogP) is 1.49. The maximum absolute atomic E-state index is 12.1. The van der Waals surface area contributed by atoms with Gasteiger partial charge in [0.05, 0.1) is 0 Å². The zero-order valence-electron chi connectivity index (χ0n) is 13.4. The van der Waals surface area contributed by atoms with Crippen LogP contribution >= 0.6 is 0 Å². The van der Waals surface area contributed by atoms with Gasteiger partial charge in [0.1, 0.15) is 23.5 Å². The molecule has 21 heavy (non-hydrogen) atoms. The molecule has 2 heterocycles. The number of amides is 1. The number of anilines is 2. The average molecular weight is 291 g/mol. The summed E-state index contributed by atoms with van der Waals surface area (Å²) in [5.41, 5.74) is 1.02. The van der Waals surface area contributed by atoms with Gasteiger partial charge in [0, 0.05) is 32.1 Å². The van der Waals surface area contributed by atoms with Gasteiger partial charge >= 0.3 is 0 Å². The number of aryl methyl sites for hydroxylation is 1. The van der Waals surface area contributed by atoms with Crippen molar-refractivity contribution in [3.8, 4) is 0 Å². The molecule has 2 N–H and O–H groups in total. The number of hydrogen-bond acceptors (Lipinski definition) is 5. The molecule has 116 valence electrons. The van der Waals surface area contributed by atoms with Crippen LogP contribution in [0.5, 0.6) is 0 Å². The SMILES string of the molecule is CCNc1nc(CC)nc(N2CCCC2C(=O)NC)c1C. The van der Waals surface area contributed by atoms with E-state index in [-0.39, 0.29) is 11.9 Å². The molecular formula is C15H25N5O. The molecule has 0 radical (unpaired) electrons. The van der Waals surface area contributed by atoms with E-state index in [1.165, 1.54) is 0 Å². The first-order valence-corrected chi connectivity index (χ1v) is 7.71. The van der Waals surface area contributed by atoms with Crippen LogP contribution in [0.4, 0.5) is 11.6 Å². The third kappa shape index (κ3) is 3.09. The minimum atomic E-state index is -0.122. The Morgan fingerprint density at radius 3 is 2.76 bits per heavy atom. The lowest BCUT2D eigenvalue weighted by atomic mass is 10.2. The zero-order chi connectivity index (χ0) is 15.4. The van der Waals surface area contributed by atoms with Crippen molar-refractivity contribution in [3.05, 3.63) is 11.4 Å². The van der Waals surface area contributed by atoms with Gasteiger partial charge in [-0.1, -0.05) is 6.92 Å². The molecule has 6 nitrogen and oxygen atoms in total. The summed E-state index contributed by atoms with van der Waals surface area (Å²) in [6.07, 6.45) is 2.67. The third-order valence-electron chi connectivity index (χ3n) is 3.90. The highest BCUT2D eigenvalue weighted by Gasteiger charge is 2.32. The number of nitrogens with one attached hydrogen (secondary N) is 2. The van der Waals surface area contributed by atoms with Crippen LogP contribution in [-0.2, 0) is 11.2 Å². The molecule has 1 unspecified atom stereocenters. The van der Waals surface area contributed by atoms with E-state index in [1.54, 1.807) is 7.05 Å². The Bertz CT molecular complexity index is 517. The molecule has 2 rings (SSSR count). The van der Waals surface area contributed by atoms with Crippen molar-refractivity contribution in [2.75, 3.05) is 30.4 Å². The van der Waals surface area contributed by atoms with E-state index < -0.39 is 0 Å². The molecule has 0 spiro atoms. The van der Waals surface area contributed by atoms with Crippen molar-refractivity contribution in [3.63, 3.8) is 0 Å². The molecule has 0 bridgehead atoms. The summed E-state index contributed by atoms with van der Waals surface area (Å²) in [6, 6.07) is -0.122. The Morgan fingerprint density at radius 1 is 1.38 bits per heavy atom. The second-order valence-corrected chi connectivity index (χ2v) is 5.29. The molecule has 0 aromatic carbocycles. The Balaban J connectivity index is 2.41. The molecule has 1 aliphatic rings. The lowest BCUT2D eigenvalue weighted by molar-refractivity contribution is -0.121. The highest BCUT2D eigenvalue weighted by atomic mass is 16.2. The predicted molar refractivity (Wildman–Crippen MR) is 84.7 cm³/mol. The van der Waals surface area contributed by atoms with Crippen LogP contribution in [0, 0.1) is 6.92 Å². The Labute approximate surface area is 126 Å². The monoisotopic (exact) mass is 291 g/mol. The Kier molecular flexibility index (Phi) is 4.98. The second kappa shape index (κ2) is 6.74. The van der Waals surface area contributed by atoms with E-state index in [0.717, 1.165) is 55.4 Å². The Hall–Kier alpha value is -1.85. The topological polar surface area (TPSA) is 70.2 Å². The van der Waals surface area contributed by atoms with E-state index in [9.17, 15) is 4.79 Å². The fraction of sp³-hybridized carbons (Fsp3) is 0.667. The first kappa shape index (κ1) is 15.5. The van der Waals surface area contributed by atoms with E-state index in [0.29, 0.717) is 0 Å². The molecular weight excluding hydrogens is 266 g/mol. The van der Waals surface area contributed by atoms with Crippen LogP contribution in [0.3, 0.4) is 0 Å². The number of hydrogen-bond donors (Lipinski definition) is 2. The fourth-order valence-electron chi connectivity index (χ4n) is 2.79. The van der Waals surface area contributed by atoms with E-state index in [1.807, 2.05) is 13.8 Å². The van der Waals surface area contributed by atoms with Gasteiger partial charge in [-0.25, -0.2) is 9.97 Å². The third-order valence-corrected chi connectivity index (χ3v) is 3.90. The number of carbonyl (C=O) groups excluding carboxylic acids is 1. The summed E-state index contributed by atoms with van der Waals surface area (Å²) in [4.78, 5) is 23.4. The van der Waals surface area contributed by atoms with Crippen LogP contribution < -0.4 is 15.5 Å². The van der Waals surface area contributed by atoms with Crippen LogP contribution in [0.1, 0.15) is 38.1 Å². The summed E-state index contributed by atoms with van der Waals surface area (Å²) in [5.74, 6) is 2.65. The second-order valence-electron chi connectivity index (χ2n) is 5.29. The quantitative estimate of drug-likeness (QED) is 0.860. The first-order chi connectivity index (χ1) is 10.1. The fourth-order valence-corrected chi connectivity index (χ4v) is 2.79. The lowest BCUT2D eigenvalue weighted by Gasteiger charge is -2.27. The van der Waals surface area contributed by atoms with Crippen LogP contribution in [0.25, 0.3) is 0 Å². The summed E-state index contributed by atoms with van der Waals surface area (Å²) in [5, 5.41) is 6.05. The number of likely N-dealkylation sites (N-methyl/N-ethyl adjacent to an activating group) is 1. The molecule has 0 saturated carbocycles. The summed E-state index contributed by atoms with van der Waals surface area (Å²) >= 11 is 0. The smallest absolute Gasteiger partial charge is 0.242 e. The minimum absolute atomic E-state index is 0.0635. The van der Waals surface area contributed by atoms with Gasteiger partial charge in [0.15, 0.2) is 0 Å². The highest BCUT2D eigenvalue weighted by Crippen LogP contribution is 2.30. The van der Waals surface area contributed by atoms with Gasteiger partial charge in [0.2, 0.25) is 5.91 Å². The van der Waals surface area contributed by atoms with Crippen molar-refractivity contribution in [1.82, 2.24) is 15.3 Å². The van der Waals surface area contributed by atoms with Crippen LogP contribution in [0.2, 0.25) is 0 Å². The van der Waals surface area contributed by atoms with E-state index in [4.69, 9.17) is 0 Å². The molecule has 6 heteroatoms. The van der Waals surface area contributed by atoms with E-state index >= 15 is 0 Å². The van der Waals surface area contributed by atoms with E-state index in [2.05, 4.69) is 32.4 Å². The maximum atomic E-state index is 12.1. The molecule has 1 atom stereocenters. The van der Waals surface area contributed by atoms with Gasteiger partial charge in [0.25, 0.3) is 0 Å². The molecule has 1 aliphatic heterocycles. The molecule has 1 aromatic rings. The lowest BCUT2D eigenvalue weighted by Crippen LogP contribution is -2.42. The first-order valence-electron chi connectivity index (χ1n) is 7.71. The largest absolute Gasteiger partial charge is 0.370 e. The minimum Gasteiger partial charge on any atom is -0.370 e. The standard InChI is InChI=1S/C15H25N5O/c1-5-12-18-13(17-6-2)10(3)14(19-12)20-9-7-8-11(20)15(21)16-4/h11H,5-9H2,1-4H3,(H,16,21)(H,17,18,19). The van der Waals surface area contributed by atoms with Gasteiger partial charge < -0.3 is 15.5 Å². The van der Waals surface area contributed by atoms with Gasteiger partial charge in [-0.3, -0.25) is 4.79 Å². The Morgan fingerprint density at radius 2 is 2.14 bits per heavy atom. The molecule has 1 amide bonds. The normalized spacial score (nSPS) is 17.9. The summed E-state index contributed by atoms with van der Waals surface area (Å²) < 4.78 is 0. The van der Waals surface area contributed by atoms with Gasteiger partial charge in [-0.15, -0.1) is 0 Å². The number of carbonyl (C=O) groups is 1. The molecule has 0 aliphatic carbocycles. The van der Waals surface area contributed by atoms with Crippen molar-refractivity contribution < 1.29 is 4.79 Å². The van der Waals surface area contributed by atoms with Crippen molar-refractivity contribution >= 4 is 17.5 Å². The number of nitrogens with zero attached hydrogens (tertiary/aromatic N) is 3. The highest BCUT2D eigenvalue weighted by molar-refractivity contribution is 5.85. The van der Waals surface area contributed by atoms with Crippen LogP contribution in [0.15, 0.2) is 0 Å². The van der Waals surface area contributed by atoms with Gasteiger partial charge in [-0.2, -0.15) is 0 Å². The molecule has 1 fully saturated rings. The number of rotatable bonds is 5. The van der Waals surface area contributed by atoms with Crippen molar-refractivity contribution in [1.29, 1.82) is 0 Å². The van der Waals surface area contributed by atoms with Crippen molar-refractivity contribution in [2.24, 2.45) is 0 Å².